The van der Waals surface area contributed by atoms with Crippen molar-refractivity contribution in [2.45, 2.75) is 26.3 Å². The average molecular weight is 242 g/mol. The first-order valence-electron chi connectivity index (χ1n) is 6.19. The molecule has 1 aromatic heterocycles. The fourth-order valence-electron chi connectivity index (χ4n) is 1.86. The molecule has 0 bridgehead atoms. The van der Waals surface area contributed by atoms with E-state index >= 15 is 0 Å². The average Bonchev–Trinajstić information content (AvgIpc) is 2.88. The quantitative estimate of drug-likeness (QED) is 0.831. The molecule has 0 spiro atoms. The van der Waals surface area contributed by atoms with E-state index in [0.717, 1.165) is 12.1 Å². The highest BCUT2D eigenvalue weighted by Crippen LogP contribution is 2.06. The fourth-order valence-corrected chi connectivity index (χ4v) is 1.86. The second kappa shape index (κ2) is 6.05. The lowest BCUT2D eigenvalue weighted by atomic mass is 10.1. The third-order valence-electron chi connectivity index (χ3n) is 3.02. The Morgan fingerprint density at radius 3 is 2.78 bits per heavy atom. The summed E-state index contributed by atoms with van der Waals surface area (Å²) in [6.45, 7) is 2.66. The van der Waals surface area contributed by atoms with Crippen LogP contribution in [0.4, 0.5) is 0 Å². The molecule has 18 heavy (non-hydrogen) atoms. The van der Waals surface area contributed by atoms with Crippen molar-refractivity contribution in [3.8, 4) is 0 Å². The molecule has 2 aromatic rings. The molecule has 3 nitrogen and oxygen atoms in total. The molecule has 1 aromatic carbocycles. The van der Waals surface area contributed by atoms with Crippen molar-refractivity contribution in [3.63, 3.8) is 0 Å². The Morgan fingerprint density at radius 1 is 1.22 bits per heavy atom. The number of amides is 1. The summed E-state index contributed by atoms with van der Waals surface area (Å²) in [5.41, 5.74) is 3.48. The Morgan fingerprint density at radius 2 is 2.06 bits per heavy atom. The van der Waals surface area contributed by atoms with E-state index in [1.54, 1.807) is 0 Å². The molecule has 0 aliphatic heterocycles. The highest BCUT2D eigenvalue weighted by molar-refractivity contribution is 5.76. The van der Waals surface area contributed by atoms with E-state index in [4.69, 9.17) is 0 Å². The molecule has 1 amide bonds. The zero-order chi connectivity index (χ0) is 12.8. The second-order valence-electron chi connectivity index (χ2n) is 4.40. The lowest BCUT2D eigenvalue weighted by Crippen LogP contribution is -2.23. The smallest absolute Gasteiger partial charge is 0.220 e. The zero-order valence-corrected chi connectivity index (χ0v) is 10.6. The van der Waals surface area contributed by atoms with Crippen molar-refractivity contribution in [1.29, 1.82) is 0 Å². The van der Waals surface area contributed by atoms with E-state index in [2.05, 4.69) is 23.3 Å². The molecule has 1 heterocycles. The minimum atomic E-state index is 0.0906. The van der Waals surface area contributed by atoms with Gasteiger partial charge in [-0.25, -0.2) is 0 Å². The number of rotatable bonds is 5. The van der Waals surface area contributed by atoms with E-state index in [9.17, 15) is 4.79 Å². The predicted octanol–water partition coefficient (Wildman–Crippen LogP) is 2.57. The van der Waals surface area contributed by atoms with Crippen molar-refractivity contribution in [2.24, 2.45) is 0 Å². The lowest BCUT2D eigenvalue weighted by molar-refractivity contribution is -0.121. The SMILES string of the molecule is Cc1ccccc1CNC(=O)CCc1ccc[nH]1. The highest BCUT2D eigenvalue weighted by Gasteiger charge is 2.03. The monoisotopic (exact) mass is 242 g/mol. The van der Waals surface area contributed by atoms with Gasteiger partial charge in [-0.3, -0.25) is 4.79 Å². The van der Waals surface area contributed by atoms with Gasteiger partial charge in [0.1, 0.15) is 0 Å². The first-order valence-corrected chi connectivity index (χ1v) is 6.19. The number of carbonyl (C=O) groups is 1. The van der Waals surface area contributed by atoms with Crippen LogP contribution < -0.4 is 5.32 Å². The molecule has 0 saturated heterocycles. The van der Waals surface area contributed by atoms with Crippen LogP contribution in [-0.4, -0.2) is 10.9 Å². The molecule has 0 unspecified atom stereocenters. The van der Waals surface area contributed by atoms with Gasteiger partial charge >= 0.3 is 0 Å². The van der Waals surface area contributed by atoms with Gasteiger partial charge in [-0.1, -0.05) is 24.3 Å². The first kappa shape index (κ1) is 12.4. The van der Waals surface area contributed by atoms with Gasteiger partial charge in [0.2, 0.25) is 5.91 Å². The Hall–Kier alpha value is -2.03. The van der Waals surface area contributed by atoms with Crippen LogP contribution in [0.2, 0.25) is 0 Å². The minimum absolute atomic E-state index is 0.0906. The van der Waals surface area contributed by atoms with Crippen molar-refractivity contribution in [3.05, 3.63) is 59.4 Å². The Labute approximate surface area is 107 Å². The number of carbonyl (C=O) groups excluding carboxylic acids is 1. The Balaban J connectivity index is 1.77. The van der Waals surface area contributed by atoms with Crippen molar-refractivity contribution in [2.75, 3.05) is 0 Å². The van der Waals surface area contributed by atoms with Crippen LogP contribution in [0.25, 0.3) is 0 Å². The number of benzene rings is 1. The van der Waals surface area contributed by atoms with Crippen LogP contribution in [0.3, 0.4) is 0 Å². The Kier molecular flexibility index (Phi) is 4.18. The number of aromatic amines is 1. The predicted molar refractivity (Wildman–Crippen MR) is 72.1 cm³/mol. The summed E-state index contributed by atoms with van der Waals surface area (Å²) >= 11 is 0. The molecule has 3 heteroatoms. The first-order chi connectivity index (χ1) is 8.75. The minimum Gasteiger partial charge on any atom is -0.365 e. The van der Waals surface area contributed by atoms with E-state index < -0.39 is 0 Å². The molecule has 0 atom stereocenters. The maximum absolute atomic E-state index is 11.7. The van der Waals surface area contributed by atoms with Crippen LogP contribution in [0.5, 0.6) is 0 Å². The van der Waals surface area contributed by atoms with Crippen molar-refractivity contribution >= 4 is 5.91 Å². The summed E-state index contributed by atoms with van der Waals surface area (Å²) in [5, 5.41) is 2.95. The van der Waals surface area contributed by atoms with Gasteiger partial charge in [0.05, 0.1) is 0 Å². The molecular weight excluding hydrogens is 224 g/mol. The molecule has 0 fully saturated rings. The number of aryl methyl sites for hydroxylation is 2. The lowest BCUT2D eigenvalue weighted by Gasteiger charge is -2.07. The summed E-state index contributed by atoms with van der Waals surface area (Å²) in [4.78, 5) is 14.8. The molecule has 0 radical (unpaired) electrons. The number of H-pyrrole nitrogens is 1. The van der Waals surface area contributed by atoms with E-state index in [1.165, 1.54) is 11.1 Å². The number of nitrogens with one attached hydrogen (secondary N) is 2. The van der Waals surface area contributed by atoms with Gasteiger partial charge in [-0.2, -0.15) is 0 Å². The fraction of sp³-hybridized carbons (Fsp3) is 0.267. The summed E-state index contributed by atoms with van der Waals surface area (Å²) in [6.07, 6.45) is 3.15. The molecular formula is C15H18N2O. The Bertz CT molecular complexity index is 503. The molecule has 2 rings (SSSR count). The van der Waals surface area contributed by atoms with Gasteiger partial charge in [0, 0.05) is 24.9 Å². The molecule has 0 aliphatic carbocycles. The second-order valence-corrected chi connectivity index (χ2v) is 4.40. The maximum Gasteiger partial charge on any atom is 0.220 e. The summed E-state index contributed by atoms with van der Waals surface area (Å²) < 4.78 is 0. The maximum atomic E-state index is 11.7. The van der Waals surface area contributed by atoms with Gasteiger partial charge in [0.25, 0.3) is 0 Å². The van der Waals surface area contributed by atoms with Crippen LogP contribution in [0.15, 0.2) is 42.6 Å². The van der Waals surface area contributed by atoms with Crippen LogP contribution >= 0.6 is 0 Å². The topological polar surface area (TPSA) is 44.9 Å². The number of hydrogen-bond acceptors (Lipinski definition) is 1. The standard InChI is InChI=1S/C15H18N2O/c1-12-5-2-3-6-13(12)11-17-15(18)9-8-14-7-4-10-16-14/h2-7,10,16H,8-9,11H2,1H3,(H,17,18). The zero-order valence-electron chi connectivity index (χ0n) is 10.6. The highest BCUT2D eigenvalue weighted by atomic mass is 16.1. The molecule has 0 aliphatic rings. The van der Waals surface area contributed by atoms with E-state index in [-0.39, 0.29) is 5.91 Å². The van der Waals surface area contributed by atoms with Crippen LogP contribution in [0.1, 0.15) is 23.2 Å². The van der Waals surface area contributed by atoms with Crippen molar-refractivity contribution in [1.82, 2.24) is 10.3 Å². The summed E-state index contributed by atoms with van der Waals surface area (Å²) in [7, 11) is 0. The third-order valence-corrected chi connectivity index (χ3v) is 3.02. The molecule has 94 valence electrons. The van der Waals surface area contributed by atoms with E-state index in [0.29, 0.717) is 13.0 Å². The van der Waals surface area contributed by atoms with E-state index in [1.807, 2.05) is 36.5 Å². The van der Waals surface area contributed by atoms with Gasteiger partial charge in [0.15, 0.2) is 0 Å². The van der Waals surface area contributed by atoms with Gasteiger partial charge < -0.3 is 10.3 Å². The normalized spacial score (nSPS) is 10.3. The summed E-state index contributed by atoms with van der Waals surface area (Å²) in [5.74, 6) is 0.0906. The largest absolute Gasteiger partial charge is 0.365 e. The van der Waals surface area contributed by atoms with Gasteiger partial charge in [-0.05, 0) is 36.6 Å². The molecule has 2 N–H and O–H groups in total. The van der Waals surface area contributed by atoms with Crippen LogP contribution in [-0.2, 0) is 17.8 Å². The summed E-state index contributed by atoms with van der Waals surface area (Å²) in [6, 6.07) is 12.0. The molecule has 0 saturated carbocycles. The number of hydrogen-bond donors (Lipinski definition) is 2. The number of aromatic nitrogens is 1. The van der Waals surface area contributed by atoms with Crippen LogP contribution in [0, 0.1) is 6.92 Å². The van der Waals surface area contributed by atoms with Crippen molar-refractivity contribution < 1.29 is 4.79 Å². The third kappa shape index (κ3) is 3.48. The van der Waals surface area contributed by atoms with Gasteiger partial charge in [-0.15, -0.1) is 0 Å².